The van der Waals surface area contributed by atoms with Crippen LogP contribution in [0.15, 0.2) is 0 Å². The third-order valence-corrected chi connectivity index (χ3v) is 7.26. The number of carbonyl (C=O) groups is 1. The van der Waals surface area contributed by atoms with E-state index in [0.717, 1.165) is 13.1 Å². The van der Waals surface area contributed by atoms with Gasteiger partial charge in [0, 0.05) is 31.4 Å². The number of hydrogen-bond donors (Lipinski definition) is 1. The highest BCUT2D eigenvalue weighted by Gasteiger charge is 2.47. The Labute approximate surface area is 147 Å². The van der Waals surface area contributed by atoms with Crippen LogP contribution in [-0.4, -0.2) is 75.6 Å². The van der Waals surface area contributed by atoms with Crippen LogP contribution in [0.1, 0.15) is 20.8 Å². The maximum Gasteiger partial charge on any atom is 0.243 e. The highest BCUT2D eigenvalue weighted by molar-refractivity contribution is 8.00. The van der Waals surface area contributed by atoms with E-state index in [0.29, 0.717) is 19.6 Å². The number of fused-ring (bicyclic) bond motifs is 1. The van der Waals surface area contributed by atoms with Crippen molar-refractivity contribution in [3.8, 4) is 6.19 Å². The maximum absolute atomic E-state index is 12.9. The van der Waals surface area contributed by atoms with Gasteiger partial charge >= 0.3 is 0 Å². The Kier molecular flexibility index (Phi) is 4.71. The highest BCUT2D eigenvalue weighted by Crippen LogP contribution is 2.42. The van der Waals surface area contributed by atoms with Crippen LogP contribution < -0.4 is 5.32 Å². The smallest absolute Gasteiger partial charge is 0.243 e. The fourth-order valence-corrected chi connectivity index (χ4v) is 5.70. The summed E-state index contributed by atoms with van der Waals surface area (Å²) in [6, 6.07) is -0.206. The molecule has 8 heteroatoms. The number of nitriles is 1. The molecule has 0 aliphatic carbocycles. The van der Waals surface area contributed by atoms with E-state index in [1.54, 1.807) is 16.7 Å². The Morgan fingerprint density at radius 2 is 2.00 bits per heavy atom. The van der Waals surface area contributed by atoms with Crippen LogP contribution in [0.2, 0.25) is 0 Å². The molecule has 3 unspecified atom stereocenters. The lowest BCUT2D eigenvalue weighted by Crippen LogP contribution is -2.66. The second-order valence-electron chi connectivity index (χ2n) is 7.47. The number of halogens is 1. The molecule has 6 nitrogen and oxygen atoms in total. The van der Waals surface area contributed by atoms with Crippen LogP contribution in [0.4, 0.5) is 0 Å². The molecule has 0 aromatic heterocycles. The van der Waals surface area contributed by atoms with Crippen LogP contribution >= 0.6 is 23.4 Å². The predicted octanol–water partition coefficient (Wildman–Crippen LogP) is 0.895. The maximum atomic E-state index is 12.9. The zero-order valence-corrected chi connectivity index (χ0v) is 15.4. The van der Waals surface area contributed by atoms with E-state index in [2.05, 4.69) is 37.2 Å². The molecule has 4 atom stereocenters. The Hall–Kier alpha value is -0.680. The first-order valence-corrected chi connectivity index (χ1v) is 9.44. The Morgan fingerprint density at radius 1 is 1.30 bits per heavy atom. The zero-order valence-electron chi connectivity index (χ0n) is 13.8. The van der Waals surface area contributed by atoms with Crippen LogP contribution in [0.25, 0.3) is 0 Å². The van der Waals surface area contributed by atoms with Crippen molar-refractivity contribution < 1.29 is 4.79 Å². The van der Waals surface area contributed by atoms with Gasteiger partial charge in [-0.1, -0.05) is 20.8 Å². The Morgan fingerprint density at radius 3 is 2.61 bits per heavy atom. The number of nitrogens with zero attached hydrogens (tertiary/aromatic N) is 4. The molecule has 0 saturated carbocycles. The molecule has 3 aliphatic rings. The first kappa shape index (κ1) is 17.2. The SMILES string of the molecule is CC(C)(C)C1SC(N2CCN3CCN(C#N)C[C@@H]3C2=O)NC1Cl. The molecule has 3 saturated heterocycles. The predicted molar refractivity (Wildman–Crippen MR) is 91.7 cm³/mol. The van der Waals surface area contributed by atoms with Crippen molar-refractivity contribution in [3.05, 3.63) is 0 Å². The monoisotopic (exact) mass is 357 g/mol. The molecule has 0 bridgehead atoms. The van der Waals surface area contributed by atoms with Crippen molar-refractivity contribution in [1.29, 1.82) is 5.26 Å². The van der Waals surface area contributed by atoms with E-state index in [1.165, 1.54) is 0 Å². The topological polar surface area (TPSA) is 62.6 Å². The van der Waals surface area contributed by atoms with Gasteiger partial charge < -0.3 is 9.80 Å². The van der Waals surface area contributed by atoms with Crippen molar-refractivity contribution >= 4 is 29.3 Å². The number of nitrogens with one attached hydrogen (secondary N) is 1. The number of amides is 1. The van der Waals surface area contributed by atoms with Crippen molar-refractivity contribution in [3.63, 3.8) is 0 Å². The van der Waals surface area contributed by atoms with Gasteiger partial charge in [-0.3, -0.25) is 15.0 Å². The number of piperazine rings is 2. The molecule has 3 rings (SSSR count). The van der Waals surface area contributed by atoms with Crippen molar-refractivity contribution in [1.82, 2.24) is 20.0 Å². The third-order valence-electron chi connectivity index (χ3n) is 4.81. The average Bonchev–Trinajstić information content (AvgIpc) is 2.89. The molecule has 1 N–H and O–H groups in total. The van der Waals surface area contributed by atoms with Crippen LogP contribution in [0.3, 0.4) is 0 Å². The van der Waals surface area contributed by atoms with E-state index in [-0.39, 0.29) is 33.6 Å². The molecule has 3 aliphatic heterocycles. The lowest BCUT2D eigenvalue weighted by molar-refractivity contribution is -0.145. The molecule has 0 aromatic carbocycles. The van der Waals surface area contributed by atoms with Gasteiger partial charge in [-0.25, -0.2) is 0 Å². The molecule has 23 heavy (non-hydrogen) atoms. The number of carbonyl (C=O) groups excluding carboxylic acids is 1. The van der Waals surface area contributed by atoms with Gasteiger partial charge in [0.15, 0.2) is 6.19 Å². The molecule has 3 heterocycles. The van der Waals surface area contributed by atoms with Crippen molar-refractivity contribution in [2.75, 3.05) is 32.7 Å². The lowest BCUT2D eigenvalue weighted by atomic mass is 9.91. The van der Waals surface area contributed by atoms with E-state index in [9.17, 15) is 4.79 Å². The highest BCUT2D eigenvalue weighted by atomic mass is 35.5. The van der Waals surface area contributed by atoms with Crippen LogP contribution in [0.5, 0.6) is 0 Å². The number of rotatable bonds is 1. The quantitative estimate of drug-likeness (QED) is 0.427. The van der Waals surface area contributed by atoms with E-state index in [1.807, 2.05) is 4.90 Å². The van der Waals surface area contributed by atoms with Gasteiger partial charge in [0.05, 0.1) is 12.0 Å². The first-order valence-electron chi connectivity index (χ1n) is 8.06. The molecule has 1 amide bonds. The van der Waals surface area contributed by atoms with Crippen molar-refractivity contribution in [2.24, 2.45) is 5.41 Å². The minimum Gasteiger partial charge on any atom is -0.315 e. The second kappa shape index (κ2) is 6.32. The average molecular weight is 358 g/mol. The zero-order chi connectivity index (χ0) is 16.8. The molecular weight excluding hydrogens is 334 g/mol. The largest absolute Gasteiger partial charge is 0.315 e. The van der Waals surface area contributed by atoms with Gasteiger partial charge in [-0.2, -0.15) is 5.26 Å². The Balaban J connectivity index is 1.70. The summed E-state index contributed by atoms with van der Waals surface area (Å²) in [5.41, 5.74) is -0.141. The van der Waals surface area contributed by atoms with Gasteiger partial charge in [0.2, 0.25) is 5.91 Å². The van der Waals surface area contributed by atoms with Crippen molar-refractivity contribution in [2.45, 2.75) is 43.1 Å². The molecule has 0 spiro atoms. The Bertz CT molecular complexity index is 519. The number of hydrogen-bond acceptors (Lipinski definition) is 6. The third kappa shape index (κ3) is 3.27. The summed E-state index contributed by atoms with van der Waals surface area (Å²) >= 11 is 8.22. The summed E-state index contributed by atoms with van der Waals surface area (Å²) in [6.45, 7) is 10.1. The normalized spacial score (nSPS) is 36.0. The standard InChI is InChI=1S/C15H24ClN5OS/c1-15(2,3)11-12(16)18-14(23-11)21-7-6-20-5-4-19(9-17)8-10(20)13(21)22/h10-12,14,18H,4-8H2,1-3H3/t10-,11?,12?,14?/m1/s1. The lowest BCUT2D eigenvalue weighted by Gasteiger charge is -2.46. The van der Waals surface area contributed by atoms with E-state index >= 15 is 0 Å². The fourth-order valence-electron chi connectivity index (χ4n) is 3.46. The molecule has 3 fully saturated rings. The summed E-state index contributed by atoms with van der Waals surface area (Å²) in [7, 11) is 0. The van der Waals surface area contributed by atoms with Gasteiger partial charge in [-0.05, 0) is 5.41 Å². The minimum atomic E-state index is -0.206. The number of alkyl halides is 1. The summed E-state index contributed by atoms with van der Waals surface area (Å²) in [6.07, 6.45) is 2.17. The van der Waals surface area contributed by atoms with E-state index < -0.39 is 0 Å². The molecule has 0 radical (unpaired) electrons. The summed E-state index contributed by atoms with van der Waals surface area (Å²) in [5.74, 6) is 0.111. The minimum absolute atomic E-state index is 0.0752. The van der Waals surface area contributed by atoms with Crippen LogP contribution in [0, 0.1) is 16.9 Å². The fraction of sp³-hybridized carbons (Fsp3) is 0.867. The van der Waals surface area contributed by atoms with Gasteiger partial charge in [0.1, 0.15) is 11.5 Å². The van der Waals surface area contributed by atoms with Gasteiger partial charge in [0.25, 0.3) is 0 Å². The van der Waals surface area contributed by atoms with E-state index in [4.69, 9.17) is 16.9 Å². The number of thioether (sulfide) groups is 1. The molecule has 0 aromatic rings. The van der Waals surface area contributed by atoms with Crippen LogP contribution in [-0.2, 0) is 4.79 Å². The molecular formula is C15H24ClN5OS. The summed E-state index contributed by atoms with van der Waals surface area (Å²) in [4.78, 5) is 18.7. The summed E-state index contributed by atoms with van der Waals surface area (Å²) < 4.78 is 0. The second-order valence-corrected chi connectivity index (χ2v) is 9.17. The molecule has 128 valence electrons. The van der Waals surface area contributed by atoms with Gasteiger partial charge in [-0.15, -0.1) is 23.4 Å². The first-order chi connectivity index (χ1) is 10.8. The summed E-state index contributed by atoms with van der Waals surface area (Å²) in [5, 5.41) is 12.7.